The standard InChI is InChI=1S/C23H36O4/c1-15(24)26-14-20(27-16(2)25)18-7-9-19-17(13-18)8-10-21-22(3,4)11-6-12-23(19,21)5/h8,18-21H,6-7,9-14H2,1-5H3/t18-,19-,20?,21-,23+/m0/s1. The number of ether oxygens (including phenoxy) is 2. The van der Waals surface area contributed by atoms with Gasteiger partial charge in [-0.05, 0) is 61.2 Å². The molecule has 3 aliphatic rings. The fourth-order valence-corrected chi connectivity index (χ4v) is 6.53. The van der Waals surface area contributed by atoms with Crippen molar-refractivity contribution in [3.05, 3.63) is 11.6 Å². The van der Waals surface area contributed by atoms with E-state index in [-0.39, 0.29) is 30.6 Å². The average Bonchev–Trinajstić information content (AvgIpc) is 2.57. The van der Waals surface area contributed by atoms with E-state index in [2.05, 4.69) is 26.8 Å². The number of fused-ring (bicyclic) bond motifs is 3. The molecule has 0 aliphatic heterocycles. The molecule has 0 spiro atoms. The van der Waals surface area contributed by atoms with Gasteiger partial charge in [-0.25, -0.2) is 0 Å². The number of carbonyl (C=O) groups excluding carboxylic acids is 2. The van der Waals surface area contributed by atoms with E-state index in [9.17, 15) is 9.59 Å². The molecule has 0 aromatic carbocycles. The van der Waals surface area contributed by atoms with Gasteiger partial charge in [0.1, 0.15) is 12.7 Å². The molecule has 0 N–H and O–H groups in total. The van der Waals surface area contributed by atoms with E-state index in [1.807, 2.05) is 0 Å². The number of allylic oxidation sites excluding steroid dienone is 2. The van der Waals surface area contributed by atoms with E-state index in [4.69, 9.17) is 9.47 Å². The van der Waals surface area contributed by atoms with Gasteiger partial charge >= 0.3 is 11.9 Å². The van der Waals surface area contributed by atoms with Crippen LogP contribution in [0.2, 0.25) is 0 Å². The number of carbonyl (C=O) groups is 2. The monoisotopic (exact) mass is 376 g/mol. The number of hydrogen-bond acceptors (Lipinski definition) is 4. The van der Waals surface area contributed by atoms with Crippen LogP contribution in [0.4, 0.5) is 0 Å². The highest BCUT2D eigenvalue weighted by Crippen LogP contribution is 2.62. The molecule has 27 heavy (non-hydrogen) atoms. The maximum atomic E-state index is 11.6. The van der Waals surface area contributed by atoms with Crippen molar-refractivity contribution >= 4 is 11.9 Å². The first-order chi connectivity index (χ1) is 12.6. The summed E-state index contributed by atoms with van der Waals surface area (Å²) in [6, 6.07) is 0. The van der Waals surface area contributed by atoms with E-state index >= 15 is 0 Å². The van der Waals surface area contributed by atoms with Crippen molar-refractivity contribution in [3.63, 3.8) is 0 Å². The molecule has 0 aromatic heterocycles. The number of rotatable bonds is 4. The number of esters is 2. The Morgan fingerprint density at radius 2 is 1.89 bits per heavy atom. The normalized spacial score (nSPS) is 35.9. The van der Waals surface area contributed by atoms with Crippen molar-refractivity contribution in [3.8, 4) is 0 Å². The number of hydrogen-bond donors (Lipinski definition) is 0. The van der Waals surface area contributed by atoms with Crippen LogP contribution in [0.15, 0.2) is 11.6 Å². The van der Waals surface area contributed by atoms with Crippen LogP contribution >= 0.6 is 0 Å². The lowest BCUT2D eigenvalue weighted by atomic mass is 9.46. The SMILES string of the molecule is CC(=O)OCC(OC(C)=O)[C@H]1CC[C@H]2C(=CC[C@H]3C(C)(C)CCC[C@]23C)C1. The summed E-state index contributed by atoms with van der Waals surface area (Å²) in [6.45, 7) is 10.4. The summed E-state index contributed by atoms with van der Waals surface area (Å²) in [4.78, 5) is 22.8. The molecule has 1 unspecified atom stereocenters. The van der Waals surface area contributed by atoms with Gasteiger partial charge in [-0.1, -0.05) is 38.8 Å². The van der Waals surface area contributed by atoms with Crippen LogP contribution in [-0.2, 0) is 19.1 Å². The van der Waals surface area contributed by atoms with Gasteiger partial charge in [0.05, 0.1) is 0 Å². The third-order valence-corrected chi connectivity index (χ3v) is 7.75. The van der Waals surface area contributed by atoms with Crippen LogP contribution in [0, 0.1) is 28.6 Å². The highest BCUT2D eigenvalue weighted by atomic mass is 16.6. The average molecular weight is 377 g/mol. The van der Waals surface area contributed by atoms with Crippen molar-refractivity contribution in [2.45, 2.75) is 85.7 Å². The van der Waals surface area contributed by atoms with Gasteiger partial charge in [0.15, 0.2) is 0 Å². The lowest BCUT2D eigenvalue weighted by molar-refractivity contribution is -0.160. The molecule has 152 valence electrons. The fourth-order valence-electron chi connectivity index (χ4n) is 6.53. The highest BCUT2D eigenvalue weighted by molar-refractivity contribution is 5.67. The first-order valence-electron chi connectivity index (χ1n) is 10.6. The Bertz CT molecular complexity index is 620. The molecule has 4 heteroatoms. The van der Waals surface area contributed by atoms with Gasteiger partial charge in [-0.3, -0.25) is 9.59 Å². The van der Waals surface area contributed by atoms with Gasteiger partial charge < -0.3 is 9.47 Å². The molecular weight excluding hydrogens is 340 g/mol. The van der Waals surface area contributed by atoms with Crippen LogP contribution < -0.4 is 0 Å². The summed E-state index contributed by atoms with van der Waals surface area (Å²) >= 11 is 0. The Labute approximate surface area is 164 Å². The molecule has 0 radical (unpaired) electrons. The predicted octanol–water partition coefficient (Wildman–Crippen LogP) is 5.06. The minimum absolute atomic E-state index is 0.171. The van der Waals surface area contributed by atoms with E-state index in [1.165, 1.54) is 39.5 Å². The minimum Gasteiger partial charge on any atom is -0.462 e. The summed E-state index contributed by atoms with van der Waals surface area (Å²) in [7, 11) is 0. The van der Waals surface area contributed by atoms with E-state index < -0.39 is 0 Å². The molecule has 0 heterocycles. The first-order valence-corrected chi connectivity index (χ1v) is 10.6. The molecule has 0 aromatic rings. The predicted molar refractivity (Wildman–Crippen MR) is 105 cm³/mol. The van der Waals surface area contributed by atoms with Gasteiger partial charge in [-0.2, -0.15) is 0 Å². The molecule has 3 rings (SSSR count). The summed E-state index contributed by atoms with van der Waals surface area (Å²) in [5.41, 5.74) is 2.37. The summed E-state index contributed by atoms with van der Waals surface area (Å²) in [5.74, 6) is 1.03. The molecule has 3 aliphatic carbocycles. The zero-order valence-corrected chi connectivity index (χ0v) is 17.7. The lowest BCUT2D eigenvalue weighted by Crippen LogP contribution is -2.50. The van der Waals surface area contributed by atoms with E-state index in [0.29, 0.717) is 16.7 Å². The van der Waals surface area contributed by atoms with Crippen LogP contribution in [-0.4, -0.2) is 24.6 Å². The lowest BCUT2D eigenvalue weighted by Gasteiger charge is -2.58. The van der Waals surface area contributed by atoms with Crippen LogP contribution in [0.5, 0.6) is 0 Å². The molecule has 2 saturated carbocycles. The highest BCUT2D eigenvalue weighted by Gasteiger charge is 2.53. The molecule has 2 fully saturated rings. The van der Waals surface area contributed by atoms with Crippen molar-refractivity contribution in [2.75, 3.05) is 6.61 Å². The quantitative estimate of drug-likeness (QED) is 0.508. The van der Waals surface area contributed by atoms with Crippen molar-refractivity contribution < 1.29 is 19.1 Å². The zero-order chi connectivity index (χ0) is 19.8. The maximum absolute atomic E-state index is 11.6. The van der Waals surface area contributed by atoms with Gasteiger partial charge in [0, 0.05) is 19.8 Å². The molecule has 0 amide bonds. The Morgan fingerprint density at radius 1 is 1.15 bits per heavy atom. The first kappa shape index (κ1) is 20.4. The Morgan fingerprint density at radius 3 is 2.56 bits per heavy atom. The molecule has 0 bridgehead atoms. The van der Waals surface area contributed by atoms with Crippen molar-refractivity contribution in [1.82, 2.24) is 0 Å². The van der Waals surface area contributed by atoms with Gasteiger partial charge in [-0.15, -0.1) is 0 Å². The molecule has 5 atom stereocenters. The van der Waals surface area contributed by atoms with Crippen LogP contribution in [0.1, 0.15) is 79.6 Å². The Balaban J connectivity index is 1.76. The molecule has 4 nitrogen and oxygen atoms in total. The van der Waals surface area contributed by atoms with E-state index in [1.54, 1.807) is 5.57 Å². The Kier molecular flexibility index (Phi) is 5.74. The minimum atomic E-state index is -0.332. The summed E-state index contributed by atoms with van der Waals surface area (Å²) in [6.07, 6.45) is 10.5. The second-order valence-electron chi connectivity index (χ2n) is 9.96. The Hall–Kier alpha value is -1.32. The van der Waals surface area contributed by atoms with Crippen molar-refractivity contribution in [1.29, 1.82) is 0 Å². The zero-order valence-electron chi connectivity index (χ0n) is 17.7. The fraction of sp³-hybridized carbons (Fsp3) is 0.826. The molecular formula is C23H36O4. The third kappa shape index (κ3) is 4.09. The summed E-state index contributed by atoms with van der Waals surface area (Å²) in [5, 5.41) is 0. The van der Waals surface area contributed by atoms with Crippen LogP contribution in [0.25, 0.3) is 0 Å². The largest absolute Gasteiger partial charge is 0.462 e. The maximum Gasteiger partial charge on any atom is 0.303 e. The van der Waals surface area contributed by atoms with E-state index in [0.717, 1.165) is 25.2 Å². The van der Waals surface area contributed by atoms with Crippen molar-refractivity contribution in [2.24, 2.45) is 28.6 Å². The smallest absolute Gasteiger partial charge is 0.303 e. The molecule has 0 saturated heterocycles. The van der Waals surface area contributed by atoms with Crippen LogP contribution in [0.3, 0.4) is 0 Å². The summed E-state index contributed by atoms with van der Waals surface area (Å²) < 4.78 is 10.7. The second-order valence-corrected chi connectivity index (χ2v) is 9.96. The van der Waals surface area contributed by atoms with Gasteiger partial charge in [0.25, 0.3) is 0 Å². The third-order valence-electron chi connectivity index (χ3n) is 7.75. The second kappa shape index (κ2) is 7.60. The van der Waals surface area contributed by atoms with Gasteiger partial charge in [0.2, 0.25) is 0 Å². The topological polar surface area (TPSA) is 52.6 Å².